The van der Waals surface area contributed by atoms with Crippen molar-refractivity contribution < 1.29 is 23.1 Å². The lowest BCUT2D eigenvalue weighted by Gasteiger charge is -2.27. The number of nitrogens with one attached hydrogen (secondary N) is 2. The normalized spacial score (nSPS) is 12.2. The number of hydrogen-bond acceptors (Lipinski definition) is 7. The lowest BCUT2D eigenvalue weighted by atomic mass is 9.89. The van der Waals surface area contributed by atoms with Crippen molar-refractivity contribution >= 4 is 28.5 Å². The Bertz CT molecular complexity index is 1780. The number of nitriles is 2. The first-order chi connectivity index (χ1) is 20.5. The maximum absolute atomic E-state index is 13.7. The molecule has 1 aromatic heterocycles. The molecule has 1 heterocycles. The Morgan fingerprint density at radius 1 is 1.07 bits per heavy atom. The first-order valence-corrected chi connectivity index (χ1v) is 13.7. The third-order valence-corrected chi connectivity index (χ3v) is 7.61. The number of carbonyl (C=O) groups is 2. The van der Waals surface area contributed by atoms with E-state index in [0.717, 1.165) is 0 Å². The molecule has 220 valence electrons. The molecular formula is C33H32FN5O4. The molecule has 4 aromatic rings. The first kappa shape index (κ1) is 30.6. The molecule has 0 aliphatic carbocycles. The highest BCUT2D eigenvalue weighted by Crippen LogP contribution is 2.42. The van der Waals surface area contributed by atoms with E-state index in [1.165, 1.54) is 43.3 Å². The van der Waals surface area contributed by atoms with Crippen LogP contribution >= 0.6 is 0 Å². The molecule has 4 rings (SSSR count). The van der Waals surface area contributed by atoms with Gasteiger partial charge in [0.05, 0.1) is 30.0 Å². The Kier molecular flexibility index (Phi) is 8.72. The van der Waals surface area contributed by atoms with Crippen molar-refractivity contribution in [1.82, 2.24) is 10.6 Å². The van der Waals surface area contributed by atoms with Crippen LogP contribution in [-0.4, -0.2) is 38.1 Å². The molecule has 3 aromatic carbocycles. The van der Waals surface area contributed by atoms with Crippen LogP contribution in [0.15, 0.2) is 59.0 Å². The highest BCUT2D eigenvalue weighted by atomic mass is 19.1. The van der Waals surface area contributed by atoms with Crippen molar-refractivity contribution in [2.75, 3.05) is 25.6 Å². The van der Waals surface area contributed by atoms with E-state index in [4.69, 9.17) is 9.15 Å². The Balaban J connectivity index is 2.00. The molecular weight excluding hydrogens is 549 g/mol. The molecule has 0 spiro atoms. The summed E-state index contributed by atoms with van der Waals surface area (Å²) in [4.78, 5) is 28.1. The van der Waals surface area contributed by atoms with Gasteiger partial charge in [0.2, 0.25) is 0 Å². The number of anilines is 1. The molecule has 1 atom stereocenters. The number of hydrogen-bond donors (Lipinski definition) is 2. The van der Waals surface area contributed by atoms with Gasteiger partial charge in [-0.15, -0.1) is 0 Å². The molecule has 0 aliphatic heterocycles. The summed E-state index contributed by atoms with van der Waals surface area (Å²) in [6.45, 7) is 7.49. The van der Waals surface area contributed by atoms with Gasteiger partial charge in [-0.25, -0.2) is 4.39 Å². The number of rotatable bonds is 9. The topological polar surface area (TPSA) is 131 Å². The maximum Gasteiger partial charge on any atom is 0.256 e. The second-order valence-electron chi connectivity index (χ2n) is 10.4. The molecule has 9 nitrogen and oxygen atoms in total. The predicted octanol–water partition coefficient (Wildman–Crippen LogP) is 6.25. The summed E-state index contributed by atoms with van der Waals surface area (Å²) in [6, 6.07) is 16.2. The summed E-state index contributed by atoms with van der Waals surface area (Å²) < 4.78 is 25.3. The van der Waals surface area contributed by atoms with Gasteiger partial charge in [-0.05, 0) is 67.8 Å². The fourth-order valence-electron chi connectivity index (χ4n) is 4.69. The van der Waals surface area contributed by atoms with Crippen molar-refractivity contribution in [1.29, 1.82) is 10.5 Å². The van der Waals surface area contributed by atoms with Crippen molar-refractivity contribution in [2.45, 2.75) is 33.2 Å². The summed E-state index contributed by atoms with van der Waals surface area (Å²) in [5.41, 5.74) is 1.76. The van der Waals surface area contributed by atoms with Crippen molar-refractivity contribution in [2.24, 2.45) is 5.92 Å². The second-order valence-corrected chi connectivity index (χ2v) is 10.4. The van der Waals surface area contributed by atoms with Crippen LogP contribution in [0.5, 0.6) is 5.75 Å². The summed E-state index contributed by atoms with van der Waals surface area (Å²) in [7, 11) is 2.95. The Labute approximate surface area is 249 Å². The SMILES string of the molecule is CCN(C#N)c1cc2oc(-c3ccc(F)cc3)c(C(=O)NC)c2cc1-c1ccc(OC)c(C(=O)NC(C)(C#N)C(C)C)c1. The number of halogens is 1. The van der Waals surface area contributed by atoms with Crippen LogP contribution in [0, 0.1) is 34.5 Å². The van der Waals surface area contributed by atoms with Gasteiger partial charge in [-0.3, -0.25) is 14.5 Å². The monoisotopic (exact) mass is 581 g/mol. The molecule has 43 heavy (non-hydrogen) atoms. The Morgan fingerprint density at radius 2 is 1.74 bits per heavy atom. The zero-order valence-corrected chi connectivity index (χ0v) is 24.8. The lowest BCUT2D eigenvalue weighted by molar-refractivity contribution is 0.0903. The number of benzene rings is 3. The van der Waals surface area contributed by atoms with Crippen LogP contribution in [0.1, 0.15) is 48.4 Å². The number of fused-ring (bicyclic) bond motifs is 1. The number of carbonyl (C=O) groups excluding carboxylic acids is 2. The van der Waals surface area contributed by atoms with Crippen molar-refractivity contribution in [3.63, 3.8) is 0 Å². The van der Waals surface area contributed by atoms with Crippen LogP contribution in [0.2, 0.25) is 0 Å². The van der Waals surface area contributed by atoms with Gasteiger partial charge in [0.15, 0.2) is 6.19 Å². The molecule has 1 unspecified atom stereocenters. The van der Waals surface area contributed by atoms with Gasteiger partial charge >= 0.3 is 0 Å². The van der Waals surface area contributed by atoms with Gasteiger partial charge in [-0.1, -0.05) is 19.9 Å². The van der Waals surface area contributed by atoms with Gasteiger partial charge in [0.25, 0.3) is 11.8 Å². The van der Waals surface area contributed by atoms with E-state index in [2.05, 4.69) is 22.9 Å². The van der Waals surface area contributed by atoms with Crippen molar-refractivity contribution in [3.05, 3.63) is 71.5 Å². The zero-order valence-electron chi connectivity index (χ0n) is 24.8. The first-order valence-electron chi connectivity index (χ1n) is 13.7. The standard InChI is InChI=1S/C33H32FN5O4/c1-7-39(18-36)26-16-28-24(29(32(41)37-5)30(43-28)20-8-11-22(34)12-9-20)15-23(26)21-10-13-27(42-6)25(14-21)31(40)38-33(4,17-35)19(2)3/h8-16,19H,7H2,1-6H3,(H,37,41)(H,38,40). The fraction of sp³-hybridized carbons (Fsp3) is 0.273. The summed E-state index contributed by atoms with van der Waals surface area (Å²) >= 11 is 0. The molecule has 0 saturated heterocycles. The summed E-state index contributed by atoms with van der Waals surface area (Å²) in [5, 5.41) is 25.7. The number of nitrogens with zero attached hydrogens (tertiary/aromatic N) is 3. The van der Waals surface area contributed by atoms with Gasteiger partial charge in [0, 0.05) is 36.2 Å². The van der Waals surface area contributed by atoms with E-state index in [1.807, 2.05) is 20.8 Å². The third-order valence-electron chi connectivity index (χ3n) is 7.61. The molecule has 0 aliphatic rings. The van der Waals surface area contributed by atoms with E-state index >= 15 is 0 Å². The van der Waals surface area contributed by atoms with E-state index in [0.29, 0.717) is 45.6 Å². The average molecular weight is 582 g/mol. The van der Waals surface area contributed by atoms with Gasteiger partial charge in [0.1, 0.15) is 28.4 Å². The van der Waals surface area contributed by atoms with E-state index < -0.39 is 23.2 Å². The smallest absolute Gasteiger partial charge is 0.256 e. The maximum atomic E-state index is 13.7. The summed E-state index contributed by atoms with van der Waals surface area (Å²) in [6.07, 6.45) is 2.18. The second kappa shape index (κ2) is 12.3. The fourth-order valence-corrected chi connectivity index (χ4v) is 4.69. The number of furan rings is 1. The van der Waals surface area contributed by atoms with E-state index in [-0.39, 0.29) is 22.8 Å². The third kappa shape index (κ3) is 5.73. The van der Waals surface area contributed by atoms with E-state index in [9.17, 15) is 24.5 Å². The predicted molar refractivity (Wildman–Crippen MR) is 162 cm³/mol. The minimum absolute atomic E-state index is 0.169. The van der Waals surface area contributed by atoms with E-state index in [1.54, 1.807) is 37.3 Å². The Hall–Kier alpha value is -5.35. The summed E-state index contributed by atoms with van der Waals surface area (Å²) in [5.74, 6) is -0.965. The molecule has 0 fully saturated rings. The van der Waals surface area contributed by atoms with Crippen LogP contribution in [0.3, 0.4) is 0 Å². The molecule has 0 saturated carbocycles. The number of methoxy groups -OCH3 is 1. The minimum atomic E-state index is -1.13. The van der Waals surface area contributed by atoms with Crippen LogP contribution < -0.4 is 20.3 Å². The Morgan fingerprint density at radius 3 is 2.30 bits per heavy atom. The van der Waals surface area contributed by atoms with Crippen molar-refractivity contribution in [3.8, 4) is 40.5 Å². The molecule has 10 heteroatoms. The molecule has 2 N–H and O–H groups in total. The quantitative estimate of drug-likeness (QED) is 0.176. The molecule has 0 radical (unpaired) electrons. The average Bonchev–Trinajstić information content (AvgIpc) is 3.39. The molecule has 2 amide bonds. The number of ether oxygens (including phenoxy) is 1. The van der Waals surface area contributed by atoms with Gasteiger partial charge in [-0.2, -0.15) is 10.5 Å². The highest BCUT2D eigenvalue weighted by molar-refractivity contribution is 6.13. The molecule has 0 bridgehead atoms. The lowest BCUT2D eigenvalue weighted by Crippen LogP contribution is -2.48. The highest BCUT2D eigenvalue weighted by Gasteiger charge is 2.32. The van der Waals surface area contributed by atoms with Crippen LogP contribution in [0.4, 0.5) is 10.1 Å². The number of amides is 2. The minimum Gasteiger partial charge on any atom is -0.496 e. The zero-order chi connectivity index (χ0) is 31.5. The largest absolute Gasteiger partial charge is 0.496 e. The van der Waals surface area contributed by atoms with Crippen LogP contribution in [-0.2, 0) is 0 Å². The van der Waals surface area contributed by atoms with Crippen LogP contribution in [0.25, 0.3) is 33.4 Å². The van der Waals surface area contributed by atoms with Gasteiger partial charge < -0.3 is 19.8 Å².